The molecule has 0 aromatic heterocycles. The van der Waals surface area contributed by atoms with Crippen LogP contribution in [0.15, 0.2) is 72.8 Å². The molecule has 3 atom stereocenters. The van der Waals surface area contributed by atoms with Crippen LogP contribution in [0.25, 0.3) is 0 Å². The van der Waals surface area contributed by atoms with Crippen LogP contribution in [0.4, 0.5) is 4.39 Å². The van der Waals surface area contributed by atoms with Gasteiger partial charge in [-0.2, -0.15) is 0 Å². The third-order valence-electron chi connectivity index (χ3n) is 7.06. The molecule has 3 aromatic rings. The summed E-state index contributed by atoms with van der Waals surface area (Å²) in [5, 5.41) is 0.463. The quantitative estimate of drug-likeness (QED) is 0.407. The fraction of sp³-hybridized carbons (Fsp3) is 0.185. The topological polar surface area (TPSA) is 80.8 Å². The summed E-state index contributed by atoms with van der Waals surface area (Å²) in [7, 11) is 0. The van der Waals surface area contributed by atoms with E-state index in [1.54, 1.807) is 36.4 Å². The molecule has 0 radical (unpaired) electrons. The summed E-state index contributed by atoms with van der Waals surface area (Å²) in [4.78, 5) is 55.8. The lowest BCUT2D eigenvalue weighted by Crippen LogP contribution is -2.50. The van der Waals surface area contributed by atoms with Crippen molar-refractivity contribution in [1.29, 1.82) is 0 Å². The van der Waals surface area contributed by atoms with Crippen molar-refractivity contribution < 1.29 is 28.3 Å². The molecule has 0 saturated carbocycles. The van der Waals surface area contributed by atoms with Gasteiger partial charge in [-0.15, -0.1) is 0 Å². The number of nitrogens with zero attached hydrogens (tertiary/aromatic N) is 1. The van der Waals surface area contributed by atoms with Crippen LogP contribution in [-0.4, -0.2) is 33.9 Å². The Morgan fingerprint density at radius 2 is 1.43 bits per heavy atom. The second-order valence-corrected chi connectivity index (χ2v) is 9.36. The Hall–Kier alpha value is -3.68. The first-order valence-corrected chi connectivity index (χ1v) is 11.4. The van der Waals surface area contributed by atoms with Crippen molar-refractivity contribution in [2.45, 2.75) is 18.2 Å². The minimum absolute atomic E-state index is 0.107. The average molecular weight is 490 g/mol. The molecule has 3 aromatic carbocycles. The fourth-order valence-electron chi connectivity index (χ4n) is 5.46. The lowest BCUT2D eigenvalue weighted by molar-refractivity contribution is -0.145. The van der Waals surface area contributed by atoms with E-state index in [4.69, 9.17) is 16.3 Å². The molecule has 8 heteroatoms. The summed E-state index contributed by atoms with van der Waals surface area (Å²) < 4.78 is 19.6. The van der Waals surface area contributed by atoms with Crippen LogP contribution in [0.5, 0.6) is 0 Å². The van der Waals surface area contributed by atoms with Crippen LogP contribution in [-0.2, 0) is 20.9 Å². The van der Waals surface area contributed by atoms with Gasteiger partial charge in [-0.3, -0.25) is 24.1 Å². The van der Waals surface area contributed by atoms with E-state index < -0.39 is 52.7 Å². The van der Waals surface area contributed by atoms with Crippen molar-refractivity contribution in [3.8, 4) is 0 Å². The van der Waals surface area contributed by atoms with Crippen molar-refractivity contribution in [2.75, 3.05) is 0 Å². The number of amides is 2. The normalized spacial score (nSPS) is 24.4. The van der Waals surface area contributed by atoms with E-state index in [0.29, 0.717) is 16.1 Å². The molecule has 1 aliphatic carbocycles. The van der Waals surface area contributed by atoms with Crippen LogP contribution in [0, 0.1) is 17.7 Å². The molecule has 0 bridgehead atoms. The molecule has 1 spiro atoms. The van der Waals surface area contributed by atoms with Crippen molar-refractivity contribution in [3.05, 3.63) is 106 Å². The van der Waals surface area contributed by atoms with E-state index in [-0.39, 0.29) is 17.7 Å². The number of fused-ring (bicyclic) bond motifs is 3. The van der Waals surface area contributed by atoms with Gasteiger partial charge in [-0.1, -0.05) is 60.1 Å². The molecular weight excluding hydrogens is 473 g/mol. The predicted molar refractivity (Wildman–Crippen MR) is 122 cm³/mol. The summed E-state index contributed by atoms with van der Waals surface area (Å²) >= 11 is 6.03. The fourth-order valence-corrected chi connectivity index (χ4v) is 5.58. The zero-order valence-corrected chi connectivity index (χ0v) is 18.9. The van der Waals surface area contributed by atoms with E-state index in [1.165, 1.54) is 36.4 Å². The Morgan fingerprint density at radius 1 is 0.829 bits per heavy atom. The summed E-state index contributed by atoms with van der Waals surface area (Å²) in [6, 6.07) is 18.3. The van der Waals surface area contributed by atoms with Gasteiger partial charge >= 0.3 is 0 Å². The number of halogens is 2. The molecule has 0 N–H and O–H groups in total. The molecule has 6 nitrogen and oxygen atoms in total. The predicted octanol–water partition coefficient (Wildman–Crippen LogP) is 4.17. The minimum Gasteiger partial charge on any atom is -0.349 e. The van der Waals surface area contributed by atoms with Gasteiger partial charge in [0.2, 0.25) is 29.0 Å². The highest BCUT2D eigenvalue weighted by Crippen LogP contribution is 2.57. The highest BCUT2D eigenvalue weighted by molar-refractivity contribution is 6.35. The summed E-state index contributed by atoms with van der Waals surface area (Å²) in [5.41, 5.74) is -0.709. The van der Waals surface area contributed by atoms with Crippen LogP contribution in [0.1, 0.15) is 37.9 Å². The van der Waals surface area contributed by atoms with Crippen LogP contribution >= 0.6 is 11.6 Å². The number of ketones is 2. The van der Waals surface area contributed by atoms with Gasteiger partial charge in [0.1, 0.15) is 5.82 Å². The third kappa shape index (κ3) is 2.98. The summed E-state index contributed by atoms with van der Waals surface area (Å²) in [5.74, 6) is -5.27. The number of carbonyl (C=O) groups excluding carboxylic acids is 4. The number of rotatable bonds is 3. The van der Waals surface area contributed by atoms with Gasteiger partial charge in [0.25, 0.3) is 0 Å². The Kier molecular flexibility index (Phi) is 4.78. The van der Waals surface area contributed by atoms with Crippen LogP contribution in [0.2, 0.25) is 5.02 Å². The van der Waals surface area contributed by atoms with Crippen LogP contribution < -0.4 is 0 Å². The van der Waals surface area contributed by atoms with Crippen molar-refractivity contribution in [2.24, 2.45) is 11.8 Å². The van der Waals surface area contributed by atoms with Crippen molar-refractivity contribution in [1.82, 2.24) is 4.90 Å². The minimum atomic E-state index is -2.12. The lowest BCUT2D eigenvalue weighted by atomic mass is 9.77. The van der Waals surface area contributed by atoms with Gasteiger partial charge in [0, 0.05) is 16.1 Å². The van der Waals surface area contributed by atoms with Gasteiger partial charge in [0.05, 0.1) is 24.5 Å². The first kappa shape index (κ1) is 21.8. The number of likely N-dealkylation sites (tertiary alicyclic amines) is 1. The maximum Gasteiger partial charge on any atom is 0.237 e. The highest BCUT2D eigenvalue weighted by atomic mass is 35.5. The Balaban J connectivity index is 1.48. The second kappa shape index (κ2) is 7.66. The lowest BCUT2D eigenvalue weighted by Gasteiger charge is -2.27. The Bertz CT molecular complexity index is 1380. The zero-order chi connectivity index (χ0) is 24.5. The van der Waals surface area contributed by atoms with Crippen molar-refractivity contribution in [3.63, 3.8) is 0 Å². The maximum atomic E-state index is 13.7. The van der Waals surface area contributed by atoms with Gasteiger partial charge in [-0.25, -0.2) is 4.39 Å². The van der Waals surface area contributed by atoms with E-state index in [9.17, 15) is 23.6 Å². The molecule has 2 fully saturated rings. The standard InChI is InChI=1S/C27H17ClFNO5/c28-16-9-7-15(8-10-16)22-20-21(26(34)30(25(20)33)13-14-5-11-17(29)12-6-14)27(35-22)23(31)18-3-1-2-4-19(18)24(27)32/h1-12,20-22H,13H2/t20-,21-,22-/m0/s1. The van der Waals surface area contributed by atoms with Crippen molar-refractivity contribution >= 4 is 35.0 Å². The largest absolute Gasteiger partial charge is 0.349 e. The monoisotopic (exact) mass is 489 g/mol. The zero-order valence-electron chi connectivity index (χ0n) is 18.1. The van der Waals surface area contributed by atoms with E-state index >= 15 is 0 Å². The van der Waals surface area contributed by atoms with E-state index in [2.05, 4.69) is 0 Å². The Morgan fingerprint density at radius 3 is 2.03 bits per heavy atom. The number of hydrogen-bond donors (Lipinski definition) is 0. The second-order valence-electron chi connectivity index (χ2n) is 8.92. The molecule has 2 heterocycles. The molecule has 2 saturated heterocycles. The molecule has 0 unspecified atom stereocenters. The first-order valence-electron chi connectivity index (χ1n) is 11.0. The summed E-state index contributed by atoms with van der Waals surface area (Å²) in [6.07, 6.45) is -1.01. The number of hydrogen-bond acceptors (Lipinski definition) is 5. The number of benzene rings is 3. The van der Waals surface area contributed by atoms with Crippen LogP contribution in [0.3, 0.4) is 0 Å². The number of carbonyl (C=O) groups is 4. The van der Waals surface area contributed by atoms with E-state index in [1.807, 2.05) is 0 Å². The molecule has 3 aliphatic rings. The highest BCUT2D eigenvalue weighted by Gasteiger charge is 2.74. The first-order chi connectivity index (χ1) is 16.8. The smallest absolute Gasteiger partial charge is 0.237 e. The molecule has 35 heavy (non-hydrogen) atoms. The molecule has 174 valence electrons. The third-order valence-corrected chi connectivity index (χ3v) is 7.31. The van der Waals surface area contributed by atoms with E-state index in [0.717, 1.165) is 4.90 Å². The van der Waals surface area contributed by atoms with Gasteiger partial charge in [0.15, 0.2) is 0 Å². The Labute approximate surface area is 204 Å². The van der Waals surface area contributed by atoms with Gasteiger partial charge < -0.3 is 4.74 Å². The molecular formula is C27H17ClFNO5. The summed E-state index contributed by atoms with van der Waals surface area (Å²) in [6.45, 7) is -0.107. The number of Topliss-reactive ketones (excluding diaryl/α,β-unsaturated/α-hetero) is 2. The molecule has 6 rings (SSSR count). The van der Waals surface area contributed by atoms with Gasteiger partial charge in [-0.05, 0) is 35.4 Å². The molecule has 2 amide bonds. The molecule has 2 aliphatic heterocycles. The number of imide groups is 1. The number of ether oxygens (including phenoxy) is 1. The SMILES string of the molecule is O=C1[C@H]2[C@@H](C(=O)N1Cc1ccc(F)cc1)C1(O[C@H]2c2ccc(Cl)cc2)C(=O)c2ccccc2C1=O. The maximum absolute atomic E-state index is 13.7. The average Bonchev–Trinajstić information content (AvgIpc) is 3.42.